The van der Waals surface area contributed by atoms with Crippen molar-refractivity contribution in [3.8, 4) is 17.0 Å². The third kappa shape index (κ3) is 3.69. The highest BCUT2D eigenvalue weighted by molar-refractivity contribution is 6.31. The normalized spacial score (nSPS) is 10.6. The highest BCUT2D eigenvalue weighted by Gasteiger charge is 2.12. The van der Waals surface area contributed by atoms with Crippen LogP contribution < -0.4 is 10.5 Å². The number of hydrogen-bond donors (Lipinski definition) is 1. The van der Waals surface area contributed by atoms with Crippen molar-refractivity contribution >= 4 is 29.1 Å². The SMILES string of the molecule is NC(=O)c1cc(Cl)ccc1OCc1cc(-c2ccc(Cl)cc2)no1. The van der Waals surface area contributed by atoms with Crippen LogP contribution >= 0.6 is 23.2 Å². The van der Waals surface area contributed by atoms with Crippen LogP contribution in [0.4, 0.5) is 0 Å². The van der Waals surface area contributed by atoms with Crippen molar-refractivity contribution in [2.45, 2.75) is 6.61 Å². The van der Waals surface area contributed by atoms with Crippen LogP contribution in [0.15, 0.2) is 53.1 Å². The van der Waals surface area contributed by atoms with E-state index in [0.717, 1.165) is 5.56 Å². The van der Waals surface area contributed by atoms with E-state index in [-0.39, 0.29) is 12.2 Å². The number of aromatic nitrogens is 1. The Hall–Kier alpha value is -2.50. The Morgan fingerprint density at radius 3 is 2.50 bits per heavy atom. The largest absolute Gasteiger partial charge is 0.485 e. The first-order valence-corrected chi connectivity index (χ1v) is 7.72. The first kappa shape index (κ1) is 16.4. The Kier molecular flexibility index (Phi) is 4.74. The molecular weight excluding hydrogens is 351 g/mol. The summed E-state index contributed by atoms with van der Waals surface area (Å²) in [6, 6.07) is 13.6. The number of carbonyl (C=O) groups excluding carboxylic acids is 1. The van der Waals surface area contributed by atoms with Gasteiger partial charge in [-0.05, 0) is 30.3 Å². The molecule has 2 aromatic carbocycles. The van der Waals surface area contributed by atoms with E-state index >= 15 is 0 Å². The maximum Gasteiger partial charge on any atom is 0.252 e. The van der Waals surface area contributed by atoms with Crippen LogP contribution in [0.1, 0.15) is 16.1 Å². The van der Waals surface area contributed by atoms with Gasteiger partial charge in [-0.2, -0.15) is 0 Å². The van der Waals surface area contributed by atoms with E-state index in [1.165, 1.54) is 6.07 Å². The molecule has 5 nitrogen and oxygen atoms in total. The summed E-state index contributed by atoms with van der Waals surface area (Å²) in [5.74, 6) is 0.216. The molecule has 0 bridgehead atoms. The fraction of sp³-hybridized carbons (Fsp3) is 0.0588. The number of carbonyl (C=O) groups is 1. The smallest absolute Gasteiger partial charge is 0.252 e. The summed E-state index contributed by atoms with van der Waals surface area (Å²) in [5.41, 5.74) is 7.07. The third-order valence-corrected chi connectivity index (χ3v) is 3.76. The Balaban J connectivity index is 1.74. The second kappa shape index (κ2) is 6.95. The molecule has 1 amide bonds. The minimum absolute atomic E-state index is 0.0997. The molecule has 7 heteroatoms. The molecule has 0 unspecified atom stereocenters. The van der Waals surface area contributed by atoms with Crippen molar-refractivity contribution in [1.29, 1.82) is 0 Å². The van der Waals surface area contributed by atoms with Gasteiger partial charge in [-0.1, -0.05) is 40.5 Å². The van der Waals surface area contributed by atoms with Gasteiger partial charge >= 0.3 is 0 Å². The predicted molar refractivity (Wildman–Crippen MR) is 91.3 cm³/mol. The van der Waals surface area contributed by atoms with E-state index in [9.17, 15) is 4.79 Å². The fourth-order valence-electron chi connectivity index (χ4n) is 2.11. The Labute approximate surface area is 147 Å². The number of nitrogens with zero attached hydrogens (tertiary/aromatic N) is 1. The van der Waals surface area contributed by atoms with E-state index in [1.807, 2.05) is 12.1 Å². The van der Waals surface area contributed by atoms with Crippen LogP contribution in [-0.4, -0.2) is 11.1 Å². The number of benzene rings is 2. The predicted octanol–water partition coefficient (Wildman–Crippen LogP) is 4.33. The van der Waals surface area contributed by atoms with Gasteiger partial charge in [-0.25, -0.2) is 0 Å². The zero-order valence-corrected chi connectivity index (χ0v) is 13.8. The second-order valence-electron chi connectivity index (χ2n) is 4.98. The van der Waals surface area contributed by atoms with Crippen molar-refractivity contribution in [2.24, 2.45) is 5.73 Å². The summed E-state index contributed by atoms with van der Waals surface area (Å²) in [6.07, 6.45) is 0. The average molecular weight is 363 g/mol. The lowest BCUT2D eigenvalue weighted by atomic mass is 10.1. The number of primary amides is 1. The van der Waals surface area contributed by atoms with Crippen molar-refractivity contribution in [2.75, 3.05) is 0 Å². The summed E-state index contributed by atoms with van der Waals surface area (Å²) in [4.78, 5) is 11.4. The molecule has 3 aromatic rings. The first-order chi connectivity index (χ1) is 11.5. The molecule has 122 valence electrons. The molecule has 3 rings (SSSR count). The highest BCUT2D eigenvalue weighted by Crippen LogP contribution is 2.25. The van der Waals surface area contributed by atoms with Crippen LogP contribution in [0.5, 0.6) is 5.75 Å². The summed E-state index contributed by atoms with van der Waals surface area (Å²) in [6.45, 7) is 0.0997. The van der Waals surface area contributed by atoms with Gasteiger partial charge in [0.05, 0.1) is 5.56 Å². The molecule has 1 aromatic heterocycles. The molecule has 1 heterocycles. The summed E-state index contributed by atoms with van der Waals surface area (Å²) < 4.78 is 10.8. The van der Waals surface area contributed by atoms with Crippen LogP contribution in [0.3, 0.4) is 0 Å². The van der Waals surface area contributed by atoms with Gasteiger partial charge in [0.2, 0.25) is 0 Å². The molecule has 0 radical (unpaired) electrons. The molecule has 0 spiro atoms. The average Bonchev–Trinajstić information content (AvgIpc) is 3.03. The molecule has 0 aliphatic rings. The van der Waals surface area contributed by atoms with E-state index < -0.39 is 5.91 Å². The third-order valence-electron chi connectivity index (χ3n) is 3.28. The zero-order valence-electron chi connectivity index (χ0n) is 12.3. The van der Waals surface area contributed by atoms with E-state index in [1.54, 1.807) is 30.3 Å². The van der Waals surface area contributed by atoms with Gasteiger partial charge in [0, 0.05) is 21.7 Å². The number of rotatable bonds is 5. The monoisotopic (exact) mass is 362 g/mol. The van der Waals surface area contributed by atoms with Crippen molar-refractivity contribution < 1.29 is 14.1 Å². The van der Waals surface area contributed by atoms with Crippen molar-refractivity contribution in [3.05, 3.63) is 69.9 Å². The quantitative estimate of drug-likeness (QED) is 0.732. The standard InChI is InChI=1S/C17H12Cl2N2O3/c18-11-3-1-10(2-4-11)15-8-13(24-21-15)9-23-16-6-5-12(19)7-14(16)17(20)22/h1-8H,9H2,(H2,20,22). The molecular formula is C17H12Cl2N2O3. The minimum atomic E-state index is -0.619. The lowest BCUT2D eigenvalue weighted by molar-refractivity contribution is 0.0995. The summed E-state index contributed by atoms with van der Waals surface area (Å²) >= 11 is 11.7. The number of nitrogens with two attached hydrogens (primary N) is 1. The van der Waals surface area contributed by atoms with Crippen molar-refractivity contribution in [3.63, 3.8) is 0 Å². The van der Waals surface area contributed by atoms with Gasteiger partial charge in [0.15, 0.2) is 5.76 Å². The molecule has 2 N–H and O–H groups in total. The molecule has 0 fully saturated rings. The number of amides is 1. The molecule has 24 heavy (non-hydrogen) atoms. The number of hydrogen-bond acceptors (Lipinski definition) is 4. The molecule has 0 saturated carbocycles. The highest BCUT2D eigenvalue weighted by atomic mass is 35.5. The number of halogens is 2. The maximum atomic E-state index is 11.4. The van der Waals surface area contributed by atoms with Crippen LogP contribution in [-0.2, 0) is 6.61 Å². The van der Waals surface area contributed by atoms with E-state index in [0.29, 0.717) is 27.2 Å². The van der Waals surface area contributed by atoms with Gasteiger partial charge in [-0.3, -0.25) is 4.79 Å². The molecule has 0 atom stereocenters. The van der Waals surface area contributed by atoms with Crippen LogP contribution in [0.25, 0.3) is 11.3 Å². The topological polar surface area (TPSA) is 78.4 Å². The summed E-state index contributed by atoms with van der Waals surface area (Å²) in [7, 11) is 0. The number of ether oxygens (including phenoxy) is 1. The van der Waals surface area contributed by atoms with Crippen molar-refractivity contribution in [1.82, 2.24) is 5.16 Å². The Bertz CT molecular complexity index is 876. The van der Waals surface area contributed by atoms with Crippen LogP contribution in [0.2, 0.25) is 10.0 Å². The van der Waals surface area contributed by atoms with Gasteiger partial charge in [0.25, 0.3) is 5.91 Å². The molecule has 0 aliphatic heterocycles. The van der Waals surface area contributed by atoms with Gasteiger partial charge < -0.3 is 15.0 Å². The Morgan fingerprint density at radius 2 is 1.79 bits per heavy atom. The first-order valence-electron chi connectivity index (χ1n) is 6.96. The summed E-state index contributed by atoms with van der Waals surface area (Å²) in [5, 5.41) is 5.04. The van der Waals surface area contributed by atoms with Gasteiger partial charge in [-0.15, -0.1) is 0 Å². The van der Waals surface area contributed by atoms with Crippen LogP contribution in [0, 0.1) is 0 Å². The zero-order chi connectivity index (χ0) is 17.1. The second-order valence-corrected chi connectivity index (χ2v) is 5.85. The van der Waals surface area contributed by atoms with E-state index in [2.05, 4.69) is 5.16 Å². The molecule has 0 saturated heterocycles. The van der Waals surface area contributed by atoms with Gasteiger partial charge in [0.1, 0.15) is 18.1 Å². The lowest BCUT2D eigenvalue weighted by Gasteiger charge is -2.08. The lowest BCUT2D eigenvalue weighted by Crippen LogP contribution is -2.13. The minimum Gasteiger partial charge on any atom is -0.485 e. The Morgan fingerprint density at radius 1 is 1.08 bits per heavy atom. The molecule has 0 aliphatic carbocycles. The fourth-order valence-corrected chi connectivity index (χ4v) is 2.41. The maximum absolute atomic E-state index is 11.4. The van der Waals surface area contributed by atoms with E-state index in [4.69, 9.17) is 38.2 Å².